The highest BCUT2D eigenvalue weighted by Crippen LogP contribution is 2.26. The SMILES string of the molecule is Ic1nsc(C2CCCOC2)n1. The van der Waals surface area contributed by atoms with Gasteiger partial charge in [-0.1, -0.05) is 0 Å². The molecule has 0 radical (unpaired) electrons. The number of hydrogen-bond donors (Lipinski definition) is 0. The van der Waals surface area contributed by atoms with E-state index in [1.807, 2.05) is 0 Å². The number of ether oxygens (including phenoxy) is 1. The molecule has 1 aliphatic rings. The van der Waals surface area contributed by atoms with E-state index in [2.05, 4.69) is 31.9 Å². The van der Waals surface area contributed by atoms with E-state index in [1.54, 1.807) is 0 Å². The molecule has 1 aromatic rings. The predicted octanol–water partition coefficient (Wildman–Crippen LogP) is 2.04. The minimum atomic E-state index is 0.500. The molecule has 3 nitrogen and oxygen atoms in total. The lowest BCUT2D eigenvalue weighted by molar-refractivity contribution is 0.0803. The summed E-state index contributed by atoms with van der Waals surface area (Å²) in [4.78, 5) is 4.35. The molecule has 0 spiro atoms. The first-order chi connectivity index (χ1) is 5.86. The Kier molecular flexibility index (Phi) is 2.92. The highest BCUT2D eigenvalue weighted by Gasteiger charge is 2.19. The van der Waals surface area contributed by atoms with Crippen molar-refractivity contribution in [3.8, 4) is 0 Å². The molecule has 1 unspecified atom stereocenters. The normalized spacial score (nSPS) is 24.2. The molecule has 66 valence electrons. The summed E-state index contributed by atoms with van der Waals surface area (Å²) >= 11 is 3.65. The van der Waals surface area contributed by atoms with E-state index < -0.39 is 0 Å². The zero-order chi connectivity index (χ0) is 8.39. The van der Waals surface area contributed by atoms with Crippen molar-refractivity contribution in [3.63, 3.8) is 0 Å². The summed E-state index contributed by atoms with van der Waals surface area (Å²) < 4.78 is 10.4. The quantitative estimate of drug-likeness (QED) is 0.744. The van der Waals surface area contributed by atoms with Crippen LogP contribution in [0.3, 0.4) is 0 Å². The third-order valence-corrected chi connectivity index (χ3v) is 3.61. The number of halogens is 1. The van der Waals surface area contributed by atoms with E-state index >= 15 is 0 Å². The van der Waals surface area contributed by atoms with Crippen molar-refractivity contribution in [2.24, 2.45) is 0 Å². The lowest BCUT2D eigenvalue weighted by atomic mass is 10.0. The highest BCUT2D eigenvalue weighted by atomic mass is 127. The second kappa shape index (κ2) is 3.97. The van der Waals surface area contributed by atoms with E-state index in [-0.39, 0.29) is 0 Å². The van der Waals surface area contributed by atoms with Crippen LogP contribution in [0, 0.1) is 3.83 Å². The van der Waals surface area contributed by atoms with Gasteiger partial charge in [0.15, 0.2) is 0 Å². The van der Waals surface area contributed by atoms with Crippen LogP contribution in [0.25, 0.3) is 0 Å². The maximum atomic E-state index is 5.38. The molecule has 1 atom stereocenters. The Morgan fingerprint density at radius 1 is 1.58 bits per heavy atom. The van der Waals surface area contributed by atoms with Crippen molar-refractivity contribution in [2.75, 3.05) is 13.2 Å². The summed E-state index contributed by atoms with van der Waals surface area (Å²) in [7, 11) is 0. The average molecular weight is 296 g/mol. The van der Waals surface area contributed by atoms with E-state index in [9.17, 15) is 0 Å². The Labute approximate surface area is 88.8 Å². The zero-order valence-electron chi connectivity index (χ0n) is 6.49. The smallest absolute Gasteiger partial charge is 0.203 e. The minimum Gasteiger partial charge on any atom is -0.381 e. The third-order valence-electron chi connectivity index (χ3n) is 1.93. The van der Waals surface area contributed by atoms with Gasteiger partial charge in [0.2, 0.25) is 3.83 Å². The number of nitrogens with zero attached hydrogens (tertiary/aromatic N) is 2. The van der Waals surface area contributed by atoms with Crippen LogP contribution >= 0.6 is 34.1 Å². The van der Waals surface area contributed by atoms with E-state index in [1.165, 1.54) is 18.0 Å². The fourth-order valence-electron chi connectivity index (χ4n) is 1.32. The Bertz CT molecular complexity index is 260. The van der Waals surface area contributed by atoms with Crippen LogP contribution < -0.4 is 0 Å². The highest BCUT2D eigenvalue weighted by molar-refractivity contribution is 14.1. The Hall–Kier alpha value is 0.250. The standard InChI is InChI=1S/C7H9IN2OS/c8-7-9-6(12-10-7)5-2-1-3-11-4-5/h5H,1-4H2. The van der Waals surface area contributed by atoms with Gasteiger partial charge in [0.25, 0.3) is 0 Å². The summed E-state index contributed by atoms with van der Waals surface area (Å²) in [6.07, 6.45) is 2.35. The summed E-state index contributed by atoms with van der Waals surface area (Å²) in [6.45, 7) is 1.73. The monoisotopic (exact) mass is 296 g/mol. The summed E-state index contributed by atoms with van der Waals surface area (Å²) in [5.74, 6) is 0.500. The first-order valence-electron chi connectivity index (χ1n) is 3.93. The van der Waals surface area contributed by atoms with Gasteiger partial charge < -0.3 is 4.74 Å². The maximum Gasteiger partial charge on any atom is 0.203 e. The molecule has 0 saturated carbocycles. The largest absolute Gasteiger partial charge is 0.381 e. The molecule has 2 rings (SSSR count). The van der Waals surface area contributed by atoms with E-state index in [4.69, 9.17) is 4.74 Å². The third kappa shape index (κ3) is 1.94. The average Bonchev–Trinajstić information content (AvgIpc) is 2.54. The summed E-state index contributed by atoms with van der Waals surface area (Å²) in [5.41, 5.74) is 0. The molecule has 1 aromatic heterocycles. The molecule has 0 aromatic carbocycles. The Morgan fingerprint density at radius 3 is 3.08 bits per heavy atom. The predicted molar refractivity (Wildman–Crippen MR) is 55.4 cm³/mol. The van der Waals surface area contributed by atoms with Crippen LogP contribution in [-0.2, 0) is 4.74 Å². The van der Waals surface area contributed by atoms with Gasteiger partial charge in [0, 0.05) is 35.1 Å². The summed E-state index contributed by atoms with van der Waals surface area (Å²) in [5, 5.41) is 1.14. The number of rotatable bonds is 1. The lowest BCUT2D eigenvalue weighted by Gasteiger charge is -2.19. The van der Waals surface area contributed by atoms with Crippen molar-refractivity contribution in [1.82, 2.24) is 9.36 Å². The van der Waals surface area contributed by atoms with Crippen LogP contribution in [0.1, 0.15) is 23.8 Å². The van der Waals surface area contributed by atoms with Gasteiger partial charge in [-0.25, -0.2) is 4.98 Å². The lowest BCUT2D eigenvalue weighted by Crippen LogP contribution is -2.15. The van der Waals surface area contributed by atoms with E-state index in [0.717, 1.165) is 28.5 Å². The topological polar surface area (TPSA) is 35.0 Å². The van der Waals surface area contributed by atoms with Crippen LogP contribution in [-0.4, -0.2) is 22.6 Å². The molecule has 1 fully saturated rings. The molecule has 0 amide bonds. The molecule has 0 aliphatic carbocycles. The van der Waals surface area contributed by atoms with Gasteiger partial charge in [0.05, 0.1) is 6.61 Å². The first kappa shape index (κ1) is 8.83. The van der Waals surface area contributed by atoms with Gasteiger partial charge in [0.1, 0.15) is 5.01 Å². The second-order valence-corrected chi connectivity index (χ2v) is 4.56. The molecular formula is C7H9IN2OS. The molecule has 0 bridgehead atoms. The van der Waals surface area contributed by atoms with Crippen molar-refractivity contribution in [1.29, 1.82) is 0 Å². The van der Waals surface area contributed by atoms with Crippen LogP contribution in [0.5, 0.6) is 0 Å². The fraction of sp³-hybridized carbons (Fsp3) is 0.714. The fourth-order valence-corrected chi connectivity index (χ4v) is 2.71. The Balaban J connectivity index is 2.08. The van der Waals surface area contributed by atoms with Crippen LogP contribution in [0.15, 0.2) is 0 Å². The molecular weight excluding hydrogens is 287 g/mol. The molecule has 5 heteroatoms. The molecule has 12 heavy (non-hydrogen) atoms. The molecule has 1 aliphatic heterocycles. The maximum absolute atomic E-state index is 5.38. The van der Waals surface area contributed by atoms with E-state index in [0.29, 0.717) is 5.92 Å². The minimum absolute atomic E-state index is 0.500. The first-order valence-corrected chi connectivity index (χ1v) is 5.78. The van der Waals surface area contributed by atoms with Gasteiger partial charge in [-0.2, -0.15) is 4.37 Å². The Morgan fingerprint density at radius 2 is 2.50 bits per heavy atom. The van der Waals surface area contributed by atoms with Gasteiger partial charge >= 0.3 is 0 Å². The van der Waals surface area contributed by atoms with Gasteiger partial charge in [-0.3, -0.25) is 0 Å². The zero-order valence-corrected chi connectivity index (χ0v) is 9.47. The molecule has 2 heterocycles. The molecule has 1 saturated heterocycles. The van der Waals surface area contributed by atoms with Crippen LogP contribution in [0.4, 0.5) is 0 Å². The van der Waals surface area contributed by atoms with Crippen molar-refractivity contribution < 1.29 is 4.74 Å². The molecule has 0 N–H and O–H groups in total. The van der Waals surface area contributed by atoms with Crippen molar-refractivity contribution in [2.45, 2.75) is 18.8 Å². The van der Waals surface area contributed by atoms with Crippen molar-refractivity contribution >= 4 is 34.1 Å². The summed E-state index contributed by atoms with van der Waals surface area (Å²) in [6, 6.07) is 0. The van der Waals surface area contributed by atoms with Gasteiger partial charge in [-0.15, -0.1) is 0 Å². The number of aromatic nitrogens is 2. The van der Waals surface area contributed by atoms with Gasteiger partial charge in [-0.05, 0) is 24.4 Å². The second-order valence-electron chi connectivity index (χ2n) is 2.82. The number of hydrogen-bond acceptors (Lipinski definition) is 4. The van der Waals surface area contributed by atoms with Crippen LogP contribution in [0.2, 0.25) is 0 Å². The van der Waals surface area contributed by atoms with Crippen molar-refractivity contribution in [3.05, 3.63) is 8.84 Å².